The molecule has 1 aromatic rings. The minimum atomic E-state index is 0.457. The zero-order chi connectivity index (χ0) is 11.3. The number of aryl methyl sites for hydroxylation is 1. The number of aromatic nitrogens is 2. The summed E-state index contributed by atoms with van der Waals surface area (Å²) in [7, 11) is 2.03. The highest BCUT2D eigenvalue weighted by molar-refractivity contribution is 5.47. The van der Waals surface area contributed by atoms with Crippen LogP contribution in [-0.4, -0.2) is 23.6 Å². The summed E-state index contributed by atoms with van der Waals surface area (Å²) >= 11 is 0. The van der Waals surface area contributed by atoms with Crippen molar-refractivity contribution in [1.29, 1.82) is 0 Å². The fraction of sp³-hybridized carbons (Fsp3) is 0.600. The van der Waals surface area contributed by atoms with Gasteiger partial charge in [0.1, 0.15) is 5.82 Å². The zero-order valence-corrected chi connectivity index (χ0v) is 9.62. The number of hydrogen-bond donors (Lipinski definition) is 2. The molecule has 15 heavy (non-hydrogen) atoms. The number of nitrogen functional groups attached to an aromatic ring is 1. The van der Waals surface area contributed by atoms with Gasteiger partial charge in [-0.3, -0.25) is 5.43 Å². The van der Waals surface area contributed by atoms with Crippen LogP contribution >= 0.6 is 0 Å². The van der Waals surface area contributed by atoms with Gasteiger partial charge in [0, 0.05) is 25.4 Å². The van der Waals surface area contributed by atoms with Crippen molar-refractivity contribution in [2.24, 2.45) is 5.84 Å². The molecule has 0 saturated heterocycles. The van der Waals surface area contributed by atoms with Gasteiger partial charge < -0.3 is 4.90 Å². The van der Waals surface area contributed by atoms with Gasteiger partial charge in [0.25, 0.3) is 0 Å². The Hall–Kier alpha value is -1.36. The standard InChI is InChI=1S/C10H19N5/c1-4-5-6-15(3)9-8(2)7-12-10(13-9)14-11/h7H,4-6,11H2,1-3H3,(H,12,13,14). The molecule has 84 valence electrons. The second-order valence-corrected chi connectivity index (χ2v) is 3.62. The first-order chi connectivity index (χ1) is 7.19. The normalized spacial score (nSPS) is 10.1. The summed E-state index contributed by atoms with van der Waals surface area (Å²) in [4.78, 5) is 10.5. The van der Waals surface area contributed by atoms with Crippen LogP contribution in [0, 0.1) is 6.92 Å². The number of rotatable bonds is 5. The molecular weight excluding hydrogens is 190 g/mol. The Labute approximate surface area is 90.7 Å². The zero-order valence-electron chi connectivity index (χ0n) is 9.62. The summed E-state index contributed by atoms with van der Waals surface area (Å²) < 4.78 is 0. The largest absolute Gasteiger partial charge is 0.359 e. The number of hydrogen-bond acceptors (Lipinski definition) is 5. The third-order valence-corrected chi connectivity index (χ3v) is 2.28. The van der Waals surface area contributed by atoms with Gasteiger partial charge in [0.2, 0.25) is 5.95 Å². The molecule has 0 fully saturated rings. The van der Waals surface area contributed by atoms with E-state index < -0.39 is 0 Å². The summed E-state index contributed by atoms with van der Waals surface area (Å²) in [6.45, 7) is 5.17. The highest BCUT2D eigenvalue weighted by Crippen LogP contribution is 2.16. The number of nitrogens with zero attached hydrogens (tertiary/aromatic N) is 3. The van der Waals surface area contributed by atoms with Crippen LogP contribution in [0.5, 0.6) is 0 Å². The van der Waals surface area contributed by atoms with Crippen LogP contribution in [0.25, 0.3) is 0 Å². The fourth-order valence-corrected chi connectivity index (χ4v) is 1.39. The van der Waals surface area contributed by atoms with Crippen molar-refractivity contribution in [3.8, 4) is 0 Å². The second kappa shape index (κ2) is 5.50. The predicted octanol–water partition coefficient (Wildman–Crippen LogP) is 1.31. The average Bonchev–Trinajstić information content (AvgIpc) is 2.26. The maximum Gasteiger partial charge on any atom is 0.239 e. The minimum absolute atomic E-state index is 0.457. The lowest BCUT2D eigenvalue weighted by Gasteiger charge is -2.19. The van der Waals surface area contributed by atoms with E-state index in [4.69, 9.17) is 5.84 Å². The second-order valence-electron chi connectivity index (χ2n) is 3.62. The lowest BCUT2D eigenvalue weighted by Crippen LogP contribution is -2.22. The van der Waals surface area contributed by atoms with Crippen molar-refractivity contribution in [2.45, 2.75) is 26.7 Å². The maximum atomic E-state index is 5.28. The van der Waals surface area contributed by atoms with Crippen molar-refractivity contribution >= 4 is 11.8 Å². The van der Waals surface area contributed by atoms with Crippen LogP contribution in [-0.2, 0) is 0 Å². The molecule has 0 radical (unpaired) electrons. The Morgan fingerprint density at radius 2 is 2.27 bits per heavy atom. The van der Waals surface area contributed by atoms with Crippen molar-refractivity contribution < 1.29 is 0 Å². The van der Waals surface area contributed by atoms with Gasteiger partial charge in [-0.2, -0.15) is 4.98 Å². The van der Waals surface area contributed by atoms with E-state index in [0.29, 0.717) is 5.95 Å². The van der Waals surface area contributed by atoms with Crippen molar-refractivity contribution in [3.63, 3.8) is 0 Å². The molecule has 0 amide bonds. The number of unbranched alkanes of at least 4 members (excludes halogenated alkanes) is 1. The van der Waals surface area contributed by atoms with Crippen LogP contribution in [0.15, 0.2) is 6.20 Å². The fourth-order valence-electron chi connectivity index (χ4n) is 1.39. The Morgan fingerprint density at radius 1 is 1.53 bits per heavy atom. The lowest BCUT2D eigenvalue weighted by molar-refractivity contribution is 0.756. The molecule has 5 heteroatoms. The predicted molar refractivity (Wildman–Crippen MR) is 62.8 cm³/mol. The summed E-state index contributed by atoms with van der Waals surface area (Å²) in [5.41, 5.74) is 3.52. The van der Waals surface area contributed by atoms with Crippen LogP contribution < -0.4 is 16.2 Å². The number of anilines is 2. The highest BCUT2D eigenvalue weighted by atomic mass is 15.3. The van der Waals surface area contributed by atoms with Crippen LogP contribution in [0.3, 0.4) is 0 Å². The third kappa shape index (κ3) is 3.06. The molecule has 0 aromatic carbocycles. The van der Waals surface area contributed by atoms with E-state index in [1.54, 1.807) is 6.20 Å². The quantitative estimate of drug-likeness (QED) is 0.565. The Morgan fingerprint density at radius 3 is 2.87 bits per heavy atom. The van der Waals surface area contributed by atoms with Gasteiger partial charge in [-0.25, -0.2) is 10.8 Å². The third-order valence-electron chi connectivity index (χ3n) is 2.28. The first kappa shape index (κ1) is 11.7. The van der Waals surface area contributed by atoms with Gasteiger partial charge in [-0.1, -0.05) is 13.3 Å². The van der Waals surface area contributed by atoms with E-state index in [0.717, 1.165) is 24.3 Å². The molecule has 0 aliphatic carbocycles. The van der Waals surface area contributed by atoms with Crippen LogP contribution in [0.1, 0.15) is 25.3 Å². The lowest BCUT2D eigenvalue weighted by atomic mass is 10.3. The molecule has 3 N–H and O–H groups in total. The van der Waals surface area contributed by atoms with Crippen LogP contribution in [0.4, 0.5) is 11.8 Å². The van der Waals surface area contributed by atoms with E-state index in [9.17, 15) is 0 Å². The topological polar surface area (TPSA) is 67.1 Å². The molecular formula is C10H19N5. The smallest absolute Gasteiger partial charge is 0.239 e. The molecule has 1 rings (SSSR count). The van der Waals surface area contributed by atoms with Gasteiger partial charge in [0.05, 0.1) is 0 Å². The molecule has 0 aliphatic rings. The monoisotopic (exact) mass is 209 g/mol. The molecule has 0 unspecified atom stereocenters. The molecule has 0 atom stereocenters. The molecule has 0 aliphatic heterocycles. The minimum Gasteiger partial charge on any atom is -0.359 e. The molecule has 1 heterocycles. The van der Waals surface area contributed by atoms with Gasteiger partial charge in [-0.15, -0.1) is 0 Å². The molecule has 0 spiro atoms. The maximum absolute atomic E-state index is 5.28. The number of hydrazine groups is 1. The van der Waals surface area contributed by atoms with Crippen LogP contribution in [0.2, 0.25) is 0 Å². The average molecular weight is 209 g/mol. The SMILES string of the molecule is CCCCN(C)c1nc(NN)ncc1C. The van der Waals surface area contributed by atoms with Gasteiger partial charge >= 0.3 is 0 Å². The summed E-state index contributed by atoms with van der Waals surface area (Å²) in [5.74, 6) is 6.67. The summed E-state index contributed by atoms with van der Waals surface area (Å²) in [6, 6.07) is 0. The molecule has 0 saturated carbocycles. The van der Waals surface area contributed by atoms with Gasteiger partial charge in [-0.05, 0) is 13.3 Å². The Kier molecular flexibility index (Phi) is 4.30. The Bertz CT molecular complexity index is 313. The van der Waals surface area contributed by atoms with Gasteiger partial charge in [0.15, 0.2) is 0 Å². The van der Waals surface area contributed by atoms with E-state index in [-0.39, 0.29) is 0 Å². The molecule has 0 bridgehead atoms. The van der Waals surface area contributed by atoms with Crippen molar-refractivity contribution in [3.05, 3.63) is 11.8 Å². The summed E-state index contributed by atoms with van der Waals surface area (Å²) in [6.07, 6.45) is 4.11. The molecule has 5 nitrogen and oxygen atoms in total. The first-order valence-corrected chi connectivity index (χ1v) is 5.20. The highest BCUT2D eigenvalue weighted by Gasteiger charge is 2.07. The number of nitrogens with one attached hydrogen (secondary N) is 1. The van der Waals surface area contributed by atoms with Crippen molar-refractivity contribution in [1.82, 2.24) is 9.97 Å². The first-order valence-electron chi connectivity index (χ1n) is 5.20. The van der Waals surface area contributed by atoms with E-state index in [2.05, 4.69) is 27.2 Å². The van der Waals surface area contributed by atoms with Crippen molar-refractivity contribution in [2.75, 3.05) is 23.9 Å². The van der Waals surface area contributed by atoms with E-state index in [1.165, 1.54) is 6.42 Å². The van der Waals surface area contributed by atoms with E-state index in [1.807, 2.05) is 14.0 Å². The number of nitrogens with two attached hydrogens (primary N) is 1. The Balaban J connectivity index is 2.81. The molecule has 1 aromatic heterocycles. The van der Waals surface area contributed by atoms with E-state index >= 15 is 0 Å². The summed E-state index contributed by atoms with van der Waals surface area (Å²) in [5, 5.41) is 0.